The van der Waals surface area contributed by atoms with E-state index in [-0.39, 0.29) is 11.8 Å². The summed E-state index contributed by atoms with van der Waals surface area (Å²) in [4.78, 5) is 28.1. The van der Waals surface area contributed by atoms with Crippen molar-refractivity contribution in [2.45, 2.75) is 11.3 Å². The van der Waals surface area contributed by atoms with Gasteiger partial charge in [0.15, 0.2) is 0 Å². The van der Waals surface area contributed by atoms with Crippen molar-refractivity contribution in [1.29, 1.82) is 0 Å². The normalized spacial score (nSPS) is 18.0. The first kappa shape index (κ1) is 20.7. The van der Waals surface area contributed by atoms with Crippen LogP contribution in [0.3, 0.4) is 0 Å². The molecule has 0 saturated carbocycles. The summed E-state index contributed by atoms with van der Waals surface area (Å²) >= 11 is 1.42. The van der Waals surface area contributed by atoms with E-state index in [0.29, 0.717) is 22.7 Å². The van der Waals surface area contributed by atoms with Crippen molar-refractivity contribution in [3.63, 3.8) is 0 Å². The molecule has 1 saturated heterocycles. The number of quaternary nitrogens is 1. The molecular weight excluding hydrogens is 398 g/mol. The van der Waals surface area contributed by atoms with Gasteiger partial charge in [0.25, 0.3) is 11.8 Å². The highest BCUT2D eigenvalue weighted by atomic mass is 32.2. The second kappa shape index (κ2) is 9.93. The molecule has 4 rings (SSSR count). The molecule has 3 N–H and O–H groups in total. The summed E-state index contributed by atoms with van der Waals surface area (Å²) in [5.41, 5.74) is 2.22. The van der Waals surface area contributed by atoms with Crippen LogP contribution in [0, 0.1) is 0 Å². The number of thioether (sulfide) groups is 1. The second-order valence-electron chi connectivity index (χ2n) is 7.41. The number of ether oxygens (including phenoxy) is 1. The van der Waals surface area contributed by atoms with Gasteiger partial charge in [0, 0.05) is 23.4 Å². The van der Waals surface area contributed by atoms with Crippen LogP contribution in [0.5, 0.6) is 0 Å². The molecule has 0 atom stereocenters. The van der Waals surface area contributed by atoms with Crippen LogP contribution in [0.4, 0.5) is 5.69 Å². The maximum absolute atomic E-state index is 12.5. The minimum atomic E-state index is -0.151. The molecule has 2 aliphatic rings. The van der Waals surface area contributed by atoms with Gasteiger partial charge in [-0.2, -0.15) is 0 Å². The third-order valence-electron chi connectivity index (χ3n) is 5.22. The van der Waals surface area contributed by atoms with Crippen LogP contribution in [-0.2, 0) is 9.53 Å². The zero-order valence-electron chi connectivity index (χ0n) is 16.8. The summed E-state index contributed by atoms with van der Waals surface area (Å²) < 4.78 is 5.37. The number of fused-ring (bicyclic) bond motifs is 1. The largest absolute Gasteiger partial charge is 0.370 e. The first-order valence-electron chi connectivity index (χ1n) is 10.3. The average Bonchev–Trinajstić information content (AvgIpc) is 2.78. The third kappa shape index (κ3) is 5.30. The molecule has 7 heteroatoms. The van der Waals surface area contributed by atoms with Crippen LogP contribution >= 0.6 is 11.8 Å². The van der Waals surface area contributed by atoms with Gasteiger partial charge in [-0.3, -0.25) is 9.59 Å². The lowest BCUT2D eigenvalue weighted by atomic mass is 10.1. The Kier molecular flexibility index (Phi) is 6.84. The zero-order chi connectivity index (χ0) is 20.8. The van der Waals surface area contributed by atoms with Crippen molar-refractivity contribution in [2.24, 2.45) is 0 Å². The molecule has 1 fully saturated rings. The van der Waals surface area contributed by atoms with Gasteiger partial charge in [-0.25, -0.2) is 0 Å². The van der Waals surface area contributed by atoms with E-state index in [2.05, 4.69) is 10.6 Å². The van der Waals surface area contributed by atoms with E-state index in [1.165, 1.54) is 16.7 Å². The SMILES string of the molecule is O=C1Nc2cc(C(=O)NCCC[NH+]3CCOCC3)ccc2SC1=Cc1ccccc1. The Balaban J connectivity index is 1.34. The lowest BCUT2D eigenvalue weighted by Gasteiger charge is -2.23. The second-order valence-corrected chi connectivity index (χ2v) is 8.49. The summed E-state index contributed by atoms with van der Waals surface area (Å²) in [5.74, 6) is -0.262. The summed E-state index contributed by atoms with van der Waals surface area (Å²) in [5, 5.41) is 5.90. The van der Waals surface area contributed by atoms with Gasteiger partial charge in [-0.05, 0) is 29.8 Å². The van der Waals surface area contributed by atoms with Crippen molar-refractivity contribution >= 4 is 35.3 Å². The molecular formula is C23H26N3O3S+. The molecule has 0 unspecified atom stereocenters. The molecule has 30 heavy (non-hydrogen) atoms. The minimum Gasteiger partial charge on any atom is -0.370 e. The molecule has 2 aromatic rings. The standard InChI is InChI=1S/C23H25N3O3S/c27-22(24-9-4-10-26-11-13-29-14-12-26)18-7-8-20-19(16-18)25-23(28)21(30-20)15-17-5-2-1-3-6-17/h1-3,5-8,15-16H,4,9-14H2,(H,24,27)(H,25,28)/p+1. The molecule has 0 spiro atoms. The number of nitrogens with one attached hydrogen (secondary N) is 3. The van der Waals surface area contributed by atoms with Crippen molar-refractivity contribution in [2.75, 3.05) is 44.7 Å². The quantitative estimate of drug-likeness (QED) is 0.489. The van der Waals surface area contributed by atoms with Gasteiger partial charge in [-0.15, -0.1) is 0 Å². The minimum absolute atomic E-state index is 0.111. The van der Waals surface area contributed by atoms with Gasteiger partial charge >= 0.3 is 0 Å². The van der Waals surface area contributed by atoms with E-state index in [0.717, 1.165) is 49.7 Å². The number of hydrogen-bond donors (Lipinski definition) is 3. The maximum atomic E-state index is 12.5. The van der Waals surface area contributed by atoms with E-state index in [1.807, 2.05) is 48.5 Å². The fourth-order valence-corrected chi connectivity index (χ4v) is 4.49. The highest BCUT2D eigenvalue weighted by molar-refractivity contribution is 8.04. The molecule has 2 amide bonds. The van der Waals surface area contributed by atoms with Crippen molar-refractivity contribution in [3.8, 4) is 0 Å². The molecule has 6 nitrogen and oxygen atoms in total. The Morgan fingerprint density at radius 3 is 2.77 bits per heavy atom. The zero-order valence-corrected chi connectivity index (χ0v) is 17.6. The molecule has 0 radical (unpaired) electrons. The van der Waals surface area contributed by atoms with E-state index in [1.54, 1.807) is 6.07 Å². The Hall–Kier alpha value is -2.61. The fourth-order valence-electron chi connectivity index (χ4n) is 3.55. The summed E-state index contributed by atoms with van der Waals surface area (Å²) in [6.07, 6.45) is 2.81. The molecule has 0 aromatic heterocycles. The summed E-state index contributed by atoms with van der Waals surface area (Å²) in [7, 11) is 0. The van der Waals surface area contributed by atoms with Gasteiger partial charge in [-0.1, -0.05) is 42.1 Å². The molecule has 0 bridgehead atoms. The van der Waals surface area contributed by atoms with Gasteiger partial charge in [0.05, 0.1) is 30.4 Å². The third-order valence-corrected chi connectivity index (χ3v) is 6.32. The first-order chi connectivity index (χ1) is 14.7. The highest BCUT2D eigenvalue weighted by Gasteiger charge is 2.22. The predicted molar refractivity (Wildman–Crippen MR) is 119 cm³/mol. The predicted octanol–water partition coefficient (Wildman–Crippen LogP) is 1.81. The number of anilines is 1. The van der Waals surface area contributed by atoms with Crippen LogP contribution in [0.2, 0.25) is 0 Å². The average molecular weight is 425 g/mol. The Labute approximate surface area is 180 Å². The van der Waals surface area contributed by atoms with E-state index in [9.17, 15) is 9.59 Å². The van der Waals surface area contributed by atoms with Crippen LogP contribution in [0.25, 0.3) is 6.08 Å². The Morgan fingerprint density at radius 1 is 1.17 bits per heavy atom. The Bertz CT molecular complexity index is 940. The first-order valence-corrected chi connectivity index (χ1v) is 11.1. The lowest BCUT2D eigenvalue weighted by Crippen LogP contribution is -3.14. The molecule has 2 heterocycles. The van der Waals surface area contributed by atoms with Crippen LogP contribution < -0.4 is 15.5 Å². The number of hydrogen-bond acceptors (Lipinski definition) is 4. The molecule has 156 valence electrons. The van der Waals surface area contributed by atoms with Crippen molar-refractivity contribution < 1.29 is 19.2 Å². The number of rotatable bonds is 6. The van der Waals surface area contributed by atoms with Gasteiger partial charge < -0.3 is 20.3 Å². The topological polar surface area (TPSA) is 71.9 Å². The lowest BCUT2D eigenvalue weighted by molar-refractivity contribution is -0.908. The van der Waals surface area contributed by atoms with Crippen molar-refractivity contribution in [3.05, 3.63) is 64.6 Å². The molecule has 0 aliphatic carbocycles. The molecule has 2 aliphatic heterocycles. The van der Waals surface area contributed by atoms with Crippen LogP contribution in [0.1, 0.15) is 22.3 Å². The van der Waals surface area contributed by atoms with E-state index >= 15 is 0 Å². The van der Waals surface area contributed by atoms with Crippen molar-refractivity contribution in [1.82, 2.24) is 5.32 Å². The fraction of sp³-hybridized carbons (Fsp3) is 0.304. The van der Waals surface area contributed by atoms with E-state index in [4.69, 9.17) is 4.74 Å². The number of carbonyl (C=O) groups excluding carboxylic acids is 2. The number of amides is 2. The van der Waals surface area contributed by atoms with Gasteiger partial charge in [0.2, 0.25) is 0 Å². The Morgan fingerprint density at radius 2 is 1.97 bits per heavy atom. The van der Waals surface area contributed by atoms with Gasteiger partial charge in [0.1, 0.15) is 13.1 Å². The molecule has 2 aromatic carbocycles. The van der Waals surface area contributed by atoms with E-state index < -0.39 is 0 Å². The summed E-state index contributed by atoms with van der Waals surface area (Å²) in [6, 6.07) is 15.2. The number of benzene rings is 2. The summed E-state index contributed by atoms with van der Waals surface area (Å²) in [6.45, 7) is 5.40. The number of carbonyl (C=O) groups is 2. The maximum Gasteiger partial charge on any atom is 0.262 e. The van der Waals surface area contributed by atoms with Crippen LogP contribution in [0.15, 0.2) is 58.3 Å². The smallest absolute Gasteiger partial charge is 0.262 e. The monoisotopic (exact) mass is 424 g/mol. The van der Waals surface area contributed by atoms with Crippen LogP contribution in [-0.4, -0.2) is 51.2 Å². The number of morpholine rings is 1. The highest BCUT2D eigenvalue weighted by Crippen LogP contribution is 2.39.